The van der Waals surface area contributed by atoms with Gasteiger partial charge in [-0.2, -0.15) is 0 Å². The zero-order valence-corrected chi connectivity index (χ0v) is 8.16. The number of aryl methyl sites for hydroxylation is 2. The molecule has 0 aliphatic rings. The Hall–Kier alpha value is -1.06. The molecule has 1 unspecified atom stereocenters. The van der Waals surface area contributed by atoms with Gasteiger partial charge in [0.15, 0.2) is 0 Å². The van der Waals surface area contributed by atoms with Crippen LogP contribution < -0.4 is 5.90 Å². The van der Waals surface area contributed by atoms with E-state index in [2.05, 4.69) is 4.84 Å². The topological polar surface area (TPSA) is 55.5 Å². The molecule has 0 bridgehead atoms. The third kappa shape index (κ3) is 1.99. The third-order valence-corrected chi connectivity index (χ3v) is 2.29. The van der Waals surface area contributed by atoms with Gasteiger partial charge in [0.05, 0.1) is 0 Å². The standard InChI is InChI=1S/C10H15NO2/c1-6-4-9(8(3)13-11)10(12)5-7(6)2/h4-5,8,12H,11H2,1-3H3. The van der Waals surface area contributed by atoms with Crippen LogP contribution in [0.15, 0.2) is 12.1 Å². The van der Waals surface area contributed by atoms with E-state index in [1.54, 1.807) is 13.0 Å². The van der Waals surface area contributed by atoms with Crippen molar-refractivity contribution in [3.8, 4) is 5.75 Å². The lowest BCUT2D eigenvalue weighted by Gasteiger charge is -2.13. The molecule has 0 radical (unpaired) electrons. The van der Waals surface area contributed by atoms with Gasteiger partial charge in [-0.15, -0.1) is 0 Å². The van der Waals surface area contributed by atoms with E-state index in [1.807, 2.05) is 19.9 Å². The Labute approximate surface area is 78.1 Å². The Morgan fingerprint density at radius 2 is 1.85 bits per heavy atom. The van der Waals surface area contributed by atoms with Crippen molar-refractivity contribution in [1.29, 1.82) is 0 Å². The number of hydrogen-bond donors (Lipinski definition) is 2. The van der Waals surface area contributed by atoms with Crippen LogP contribution in [0.5, 0.6) is 5.75 Å². The number of benzene rings is 1. The zero-order valence-electron chi connectivity index (χ0n) is 8.16. The minimum Gasteiger partial charge on any atom is -0.508 e. The lowest BCUT2D eigenvalue weighted by Crippen LogP contribution is -2.06. The van der Waals surface area contributed by atoms with E-state index in [-0.39, 0.29) is 11.9 Å². The normalized spacial score (nSPS) is 12.9. The Bertz CT molecular complexity index is 310. The summed E-state index contributed by atoms with van der Waals surface area (Å²) in [4.78, 5) is 4.65. The van der Waals surface area contributed by atoms with Crippen LogP contribution in [0.3, 0.4) is 0 Å². The van der Waals surface area contributed by atoms with Crippen molar-refractivity contribution < 1.29 is 9.94 Å². The average Bonchev–Trinajstić information content (AvgIpc) is 2.10. The number of phenols is 1. The van der Waals surface area contributed by atoms with Crippen LogP contribution in [0.1, 0.15) is 29.7 Å². The summed E-state index contributed by atoms with van der Waals surface area (Å²) in [5.74, 6) is 5.29. The first kappa shape index (κ1) is 10.0. The lowest BCUT2D eigenvalue weighted by molar-refractivity contribution is 0.0646. The molecule has 1 aromatic rings. The summed E-state index contributed by atoms with van der Waals surface area (Å²) in [6.07, 6.45) is -0.278. The molecule has 0 saturated carbocycles. The lowest BCUT2D eigenvalue weighted by atomic mass is 10.0. The maximum Gasteiger partial charge on any atom is 0.121 e. The van der Waals surface area contributed by atoms with E-state index < -0.39 is 0 Å². The number of rotatable bonds is 2. The summed E-state index contributed by atoms with van der Waals surface area (Å²) in [7, 11) is 0. The number of nitrogens with two attached hydrogens (primary N) is 1. The van der Waals surface area contributed by atoms with Crippen LogP contribution in [0, 0.1) is 13.8 Å². The molecule has 1 rings (SSSR count). The van der Waals surface area contributed by atoms with Gasteiger partial charge >= 0.3 is 0 Å². The molecule has 0 saturated heterocycles. The van der Waals surface area contributed by atoms with E-state index in [0.717, 1.165) is 16.7 Å². The van der Waals surface area contributed by atoms with Crippen molar-refractivity contribution in [2.45, 2.75) is 26.9 Å². The van der Waals surface area contributed by atoms with Crippen LogP contribution in [0.4, 0.5) is 0 Å². The Kier molecular flexibility index (Phi) is 2.90. The second-order valence-electron chi connectivity index (χ2n) is 3.27. The summed E-state index contributed by atoms with van der Waals surface area (Å²) < 4.78 is 0. The van der Waals surface area contributed by atoms with Gasteiger partial charge in [0.1, 0.15) is 11.9 Å². The molecule has 0 aromatic heterocycles. The summed E-state index contributed by atoms with van der Waals surface area (Å²) in [6.45, 7) is 5.73. The predicted octanol–water partition coefficient (Wildman–Crippen LogP) is 1.96. The Morgan fingerprint density at radius 3 is 2.38 bits per heavy atom. The molecule has 0 spiro atoms. The smallest absolute Gasteiger partial charge is 0.121 e. The van der Waals surface area contributed by atoms with E-state index in [9.17, 15) is 5.11 Å². The molecule has 13 heavy (non-hydrogen) atoms. The second-order valence-corrected chi connectivity index (χ2v) is 3.27. The van der Waals surface area contributed by atoms with Crippen LogP contribution in [-0.4, -0.2) is 5.11 Å². The maximum atomic E-state index is 9.58. The van der Waals surface area contributed by atoms with Crippen LogP contribution in [0.25, 0.3) is 0 Å². The van der Waals surface area contributed by atoms with Crippen molar-refractivity contribution in [2.24, 2.45) is 5.90 Å². The molecule has 0 aliphatic heterocycles. The summed E-state index contributed by atoms with van der Waals surface area (Å²) in [6, 6.07) is 3.61. The van der Waals surface area contributed by atoms with Gasteiger partial charge in [0, 0.05) is 5.56 Å². The van der Waals surface area contributed by atoms with Crippen LogP contribution >= 0.6 is 0 Å². The fourth-order valence-electron chi connectivity index (χ4n) is 1.22. The zero-order chi connectivity index (χ0) is 10.0. The highest BCUT2D eigenvalue weighted by atomic mass is 16.6. The van der Waals surface area contributed by atoms with E-state index in [1.165, 1.54) is 0 Å². The molecular weight excluding hydrogens is 166 g/mol. The molecule has 3 heteroatoms. The maximum absolute atomic E-state index is 9.58. The highest BCUT2D eigenvalue weighted by Gasteiger charge is 2.11. The largest absolute Gasteiger partial charge is 0.508 e. The molecule has 1 atom stereocenters. The molecule has 0 heterocycles. The summed E-state index contributed by atoms with van der Waals surface area (Å²) in [5, 5.41) is 9.58. The van der Waals surface area contributed by atoms with Gasteiger partial charge in [-0.05, 0) is 44.0 Å². The summed E-state index contributed by atoms with van der Waals surface area (Å²) >= 11 is 0. The minimum atomic E-state index is -0.278. The van der Waals surface area contributed by atoms with Gasteiger partial charge in [0.2, 0.25) is 0 Å². The van der Waals surface area contributed by atoms with Gasteiger partial charge < -0.3 is 5.11 Å². The monoisotopic (exact) mass is 181 g/mol. The Morgan fingerprint density at radius 1 is 1.31 bits per heavy atom. The highest BCUT2D eigenvalue weighted by Crippen LogP contribution is 2.28. The van der Waals surface area contributed by atoms with E-state index >= 15 is 0 Å². The molecular formula is C10H15NO2. The SMILES string of the molecule is Cc1cc(O)c(C(C)ON)cc1C. The number of hydrogen-bond acceptors (Lipinski definition) is 3. The molecule has 0 aliphatic carbocycles. The van der Waals surface area contributed by atoms with Crippen molar-refractivity contribution in [3.05, 3.63) is 28.8 Å². The minimum absolute atomic E-state index is 0.237. The first-order valence-corrected chi connectivity index (χ1v) is 4.22. The highest BCUT2D eigenvalue weighted by molar-refractivity contribution is 5.41. The third-order valence-electron chi connectivity index (χ3n) is 2.29. The number of phenolic OH excluding ortho intramolecular Hbond substituents is 1. The van der Waals surface area contributed by atoms with Gasteiger partial charge in [-0.1, -0.05) is 0 Å². The quantitative estimate of drug-likeness (QED) is 0.686. The van der Waals surface area contributed by atoms with Gasteiger partial charge in [0.25, 0.3) is 0 Å². The summed E-state index contributed by atoms with van der Waals surface area (Å²) in [5.41, 5.74) is 2.91. The fourth-order valence-corrected chi connectivity index (χ4v) is 1.22. The van der Waals surface area contributed by atoms with Gasteiger partial charge in [-0.25, -0.2) is 5.90 Å². The van der Waals surface area contributed by atoms with Gasteiger partial charge in [-0.3, -0.25) is 4.84 Å². The number of aromatic hydroxyl groups is 1. The predicted molar refractivity (Wildman–Crippen MR) is 51.3 cm³/mol. The molecule has 3 nitrogen and oxygen atoms in total. The first-order valence-electron chi connectivity index (χ1n) is 4.22. The first-order chi connectivity index (χ1) is 6.06. The molecule has 1 aromatic carbocycles. The molecule has 3 N–H and O–H groups in total. The van der Waals surface area contributed by atoms with E-state index in [0.29, 0.717) is 0 Å². The molecule has 0 fully saturated rings. The van der Waals surface area contributed by atoms with E-state index in [4.69, 9.17) is 5.90 Å². The van der Waals surface area contributed by atoms with Crippen molar-refractivity contribution in [2.75, 3.05) is 0 Å². The Balaban J connectivity index is 3.15. The van der Waals surface area contributed by atoms with Crippen molar-refractivity contribution in [1.82, 2.24) is 0 Å². The van der Waals surface area contributed by atoms with Crippen molar-refractivity contribution in [3.63, 3.8) is 0 Å². The molecule has 72 valence electrons. The second kappa shape index (κ2) is 3.77. The van der Waals surface area contributed by atoms with Crippen molar-refractivity contribution >= 4 is 0 Å². The average molecular weight is 181 g/mol. The molecule has 0 amide bonds. The van der Waals surface area contributed by atoms with Crippen LogP contribution in [-0.2, 0) is 4.84 Å². The fraction of sp³-hybridized carbons (Fsp3) is 0.400. The van der Waals surface area contributed by atoms with Crippen LogP contribution in [0.2, 0.25) is 0 Å².